The molecule has 3 rings (SSSR count). The molecule has 1 spiro atoms. The van der Waals surface area contributed by atoms with E-state index in [0.717, 1.165) is 12.5 Å². The van der Waals surface area contributed by atoms with Crippen molar-refractivity contribution in [1.82, 2.24) is 0 Å². The van der Waals surface area contributed by atoms with Gasteiger partial charge in [-0.3, -0.25) is 0 Å². The van der Waals surface area contributed by atoms with Gasteiger partial charge in [0.05, 0.1) is 12.2 Å². The summed E-state index contributed by atoms with van der Waals surface area (Å²) in [4.78, 5) is 0. The van der Waals surface area contributed by atoms with Crippen LogP contribution in [-0.4, -0.2) is 12.2 Å². The van der Waals surface area contributed by atoms with Crippen LogP contribution in [0, 0.1) is 16.7 Å². The van der Waals surface area contributed by atoms with E-state index in [0.29, 0.717) is 16.4 Å². The van der Waals surface area contributed by atoms with Crippen LogP contribution < -0.4 is 0 Å². The predicted octanol–water partition coefficient (Wildman–Crippen LogP) is 2.60. The van der Waals surface area contributed by atoms with Gasteiger partial charge in [-0.05, 0) is 30.6 Å². The highest BCUT2D eigenvalue weighted by Crippen LogP contribution is 2.73. The fraction of sp³-hybridized carbons (Fsp3) is 1.00. The first-order valence-electron chi connectivity index (χ1n) is 5.16. The minimum atomic E-state index is 0.319. The average Bonchev–Trinajstić information content (AvgIpc) is 2.67. The Morgan fingerprint density at radius 2 is 1.92 bits per heavy atom. The molecular formula is C11H18O. The molecule has 3 fully saturated rings. The Morgan fingerprint density at radius 3 is 2.25 bits per heavy atom. The molecular weight excluding hydrogens is 148 g/mol. The summed E-state index contributed by atoms with van der Waals surface area (Å²) in [5.74, 6) is 0.887. The van der Waals surface area contributed by atoms with Crippen LogP contribution >= 0.6 is 0 Å². The van der Waals surface area contributed by atoms with Gasteiger partial charge in [-0.25, -0.2) is 0 Å². The van der Waals surface area contributed by atoms with Gasteiger partial charge in [-0.2, -0.15) is 0 Å². The number of rotatable bonds is 0. The van der Waals surface area contributed by atoms with Crippen molar-refractivity contribution in [3.8, 4) is 0 Å². The summed E-state index contributed by atoms with van der Waals surface area (Å²) in [6.45, 7) is 8.34. The fourth-order valence-corrected chi connectivity index (χ4v) is 3.90. The SMILES string of the molecule is CC12CCC(C1)C1(CO1)C2(C)C. The minimum absolute atomic E-state index is 0.319. The second kappa shape index (κ2) is 1.61. The summed E-state index contributed by atoms with van der Waals surface area (Å²) in [6.07, 6.45) is 4.26. The molecule has 1 nitrogen and oxygen atoms in total. The van der Waals surface area contributed by atoms with Crippen LogP contribution in [-0.2, 0) is 4.74 Å². The molecule has 1 heterocycles. The lowest BCUT2D eigenvalue weighted by Crippen LogP contribution is -2.43. The van der Waals surface area contributed by atoms with Gasteiger partial charge in [0, 0.05) is 5.41 Å². The van der Waals surface area contributed by atoms with Crippen molar-refractivity contribution in [2.24, 2.45) is 16.7 Å². The van der Waals surface area contributed by atoms with E-state index in [4.69, 9.17) is 4.74 Å². The maximum atomic E-state index is 5.77. The van der Waals surface area contributed by atoms with Crippen LogP contribution in [0.2, 0.25) is 0 Å². The third kappa shape index (κ3) is 0.501. The molecule has 2 aliphatic carbocycles. The van der Waals surface area contributed by atoms with Crippen LogP contribution in [0.4, 0.5) is 0 Å². The first kappa shape index (κ1) is 7.37. The monoisotopic (exact) mass is 166 g/mol. The van der Waals surface area contributed by atoms with E-state index in [-0.39, 0.29) is 0 Å². The number of hydrogen-bond donors (Lipinski definition) is 0. The van der Waals surface area contributed by atoms with Gasteiger partial charge in [0.15, 0.2) is 0 Å². The highest BCUT2D eigenvalue weighted by atomic mass is 16.6. The Hall–Kier alpha value is -0.0400. The van der Waals surface area contributed by atoms with Crippen molar-refractivity contribution >= 4 is 0 Å². The Morgan fingerprint density at radius 1 is 1.25 bits per heavy atom. The number of ether oxygens (including phenoxy) is 1. The van der Waals surface area contributed by atoms with Gasteiger partial charge in [0.1, 0.15) is 0 Å². The topological polar surface area (TPSA) is 12.5 Å². The fourth-order valence-electron chi connectivity index (χ4n) is 3.90. The van der Waals surface area contributed by atoms with Gasteiger partial charge in [0.2, 0.25) is 0 Å². The molecule has 2 saturated carbocycles. The Kier molecular flexibility index (Phi) is 0.991. The van der Waals surface area contributed by atoms with E-state index >= 15 is 0 Å². The Bertz CT molecular complexity index is 235. The molecule has 0 aromatic carbocycles. The maximum Gasteiger partial charge on any atom is 0.1000 e. The summed E-state index contributed by atoms with van der Waals surface area (Å²) in [7, 11) is 0. The van der Waals surface area contributed by atoms with Crippen LogP contribution in [0.15, 0.2) is 0 Å². The predicted molar refractivity (Wildman–Crippen MR) is 47.9 cm³/mol. The van der Waals surface area contributed by atoms with Gasteiger partial charge < -0.3 is 4.74 Å². The van der Waals surface area contributed by atoms with Crippen LogP contribution in [0.3, 0.4) is 0 Å². The molecule has 1 saturated heterocycles. The molecule has 3 atom stereocenters. The van der Waals surface area contributed by atoms with E-state index in [1.807, 2.05) is 0 Å². The molecule has 2 bridgehead atoms. The van der Waals surface area contributed by atoms with Gasteiger partial charge in [-0.1, -0.05) is 20.8 Å². The molecule has 0 aromatic heterocycles. The van der Waals surface area contributed by atoms with E-state index in [1.54, 1.807) is 0 Å². The van der Waals surface area contributed by atoms with Crippen molar-refractivity contribution in [2.75, 3.05) is 6.61 Å². The molecule has 3 aliphatic rings. The molecule has 68 valence electrons. The Balaban J connectivity index is 2.11. The Labute approximate surface area is 74.5 Å². The minimum Gasteiger partial charge on any atom is -0.369 e. The summed E-state index contributed by atoms with van der Waals surface area (Å²) >= 11 is 0. The zero-order valence-corrected chi connectivity index (χ0v) is 8.31. The quantitative estimate of drug-likeness (QED) is 0.504. The summed E-state index contributed by atoms with van der Waals surface area (Å²) in [5, 5.41) is 0. The molecule has 12 heavy (non-hydrogen) atoms. The summed E-state index contributed by atoms with van der Waals surface area (Å²) in [5.41, 5.74) is 1.33. The lowest BCUT2D eigenvalue weighted by Gasteiger charge is -2.43. The summed E-state index contributed by atoms with van der Waals surface area (Å²) < 4.78 is 5.77. The zero-order chi connectivity index (χ0) is 8.61. The van der Waals surface area contributed by atoms with Gasteiger partial charge in [0.25, 0.3) is 0 Å². The molecule has 1 heteroatoms. The van der Waals surface area contributed by atoms with Crippen molar-refractivity contribution in [2.45, 2.75) is 45.6 Å². The number of hydrogen-bond acceptors (Lipinski definition) is 1. The molecule has 0 N–H and O–H groups in total. The average molecular weight is 166 g/mol. The van der Waals surface area contributed by atoms with Gasteiger partial charge in [-0.15, -0.1) is 0 Å². The third-order valence-corrected chi connectivity index (χ3v) is 5.42. The van der Waals surface area contributed by atoms with Crippen molar-refractivity contribution < 1.29 is 4.74 Å². The standard InChI is InChI=1S/C11H18O/c1-9(2)10(3)5-4-8(6-10)11(9)7-12-11/h8H,4-7H2,1-3H3. The molecule has 3 unspecified atom stereocenters. The van der Waals surface area contributed by atoms with Crippen LogP contribution in [0.5, 0.6) is 0 Å². The first-order chi connectivity index (χ1) is 5.52. The van der Waals surface area contributed by atoms with E-state index in [9.17, 15) is 0 Å². The van der Waals surface area contributed by atoms with Crippen molar-refractivity contribution in [3.63, 3.8) is 0 Å². The molecule has 1 aliphatic heterocycles. The number of epoxide rings is 1. The highest BCUT2D eigenvalue weighted by molar-refractivity contribution is 5.23. The largest absolute Gasteiger partial charge is 0.369 e. The second-order valence-corrected chi connectivity index (χ2v) is 5.80. The lowest BCUT2D eigenvalue weighted by molar-refractivity contribution is 0.0212. The van der Waals surface area contributed by atoms with Crippen LogP contribution in [0.1, 0.15) is 40.0 Å². The summed E-state index contributed by atoms with van der Waals surface area (Å²) in [6, 6.07) is 0. The zero-order valence-electron chi connectivity index (χ0n) is 8.31. The second-order valence-electron chi connectivity index (χ2n) is 5.80. The van der Waals surface area contributed by atoms with Crippen molar-refractivity contribution in [1.29, 1.82) is 0 Å². The first-order valence-corrected chi connectivity index (χ1v) is 5.16. The van der Waals surface area contributed by atoms with Gasteiger partial charge >= 0.3 is 0 Å². The van der Waals surface area contributed by atoms with E-state index in [1.165, 1.54) is 19.3 Å². The maximum absolute atomic E-state index is 5.77. The smallest absolute Gasteiger partial charge is 0.1000 e. The number of fused-ring (bicyclic) bond motifs is 3. The normalized spacial score (nSPS) is 59.8. The molecule has 0 amide bonds. The highest BCUT2D eigenvalue weighted by Gasteiger charge is 2.74. The third-order valence-electron chi connectivity index (χ3n) is 5.42. The van der Waals surface area contributed by atoms with Crippen LogP contribution in [0.25, 0.3) is 0 Å². The van der Waals surface area contributed by atoms with Crippen molar-refractivity contribution in [3.05, 3.63) is 0 Å². The molecule has 0 aromatic rings. The van der Waals surface area contributed by atoms with E-state index < -0.39 is 0 Å². The molecule has 0 radical (unpaired) electrons. The lowest BCUT2D eigenvalue weighted by atomic mass is 9.61. The van der Waals surface area contributed by atoms with E-state index in [2.05, 4.69) is 20.8 Å².